The first kappa shape index (κ1) is 16.7. The Kier molecular flexibility index (Phi) is 5.50. The molecule has 0 aliphatic carbocycles. The fourth-order valence-corrected chi connectivity index (χ4v) is 2.38. The number of hydrogen-bond acceptors (Lipinski definition) is 3. The van der Waals surface area contributed by atoms with Crippen molar-refractivity contribution in [1.82, 2.24) is 0 Å². The van der Waals surface area contributed by atoms with Crippen molar-refractivity contribution in [1.29, 1.82) is 5.26 Å². The second-order valence-corrected chi connectivity index (χ2v) is 5.38. The van der Waals surface area contributed by atoms with E-state index >= 15 is 0 Å². The number of hydrogen-bond donors (Lipinski definition) is 1. The summed E-state index contributed by atoms with van der Waals surface area (Å²) in [5, 5.41) is 11.7. The molecular weight excluding hydrogens is 363 g/mol. The summed E-state index contributed by atoms with van der Waals surface area (Å²) in [4.78, 5) is 12.1. The molecule has 0 unspecified atom stereocenters. The number of nitrogens with zero attached hydrogens (tertiary/aromatic N) is 1. The van der Waals surface area contributed by atoms with Gasteiger partial charge < -0.3 is 10.1 Å². The standard InChI is InChI=1S/C17H12BrFN2O2/c1-23-16-7-2-11(9-15(16)18)8-12(10-20)17(22)21-14-5-3-13(19)4-6-14/h2-9H,1H3,(H,21,22)/b12-8-. The molecule has 2 aromatic carbocycles. The molecule has 0 radical (unpaired) electrons. The molecule has 0 atom stereocenters. The Hall–Kier alpha value is -2.65. The van der Waals surface area contributed by atoms with E-state index < -0.39 is 11.7 Å². The van der Waals surface area contributed by atoms with Crippen LogP contribution in [0.1, 0.15) is 5.56 Å². The quantitative estimate of drug-likeness (QED) is 0.645. The van der Waals surface area contributed by atoms with E-state index in [0.29, 0.717) is 21.5 Å². The summed E-state index contributed by atoms with van der Waals surface area (Å²) < 4.78 is 18.7. The van der Waals surface area contributed by atoms with Gasteiger partial charge in [-0.2, -0.15) is 5.26 Å². The van der Waals surface area contributed by atoms with Gasteiger partial charge in [-0.3, -0.25) is 4.79 Å². The van der Waals surface area contributed by atoms with Crippen LogP contribution in [0, 0.1) is 17.1 Å². The zero-order valence-corrected chi connectivity index (χ0v) is 13.7. The topological polar surface area (TPSA) is 62.1 Å². The van der Waals surface area contributed by atoms with Gasteiger partial charge in [0.05, 0.1) is 11.6 Å². The minimum Gasteiger partial charge on any atom is -0.496 e. The van der Waals surface area contributed by atoms with E-state index in [0.717, 1.165) is 0 Å². The van der Waals surface area contributed by atoms with E-state index in [9.17, 15) is 14.4 Å². The number of carbonyl (C=O) groups is 1. The van der Waals surface area contributed by atoms with Crippen molar-refractivity contribution in [3.05, 3.63) is 63.9 Å². The summed E-state index contributed by atoms with van der Waals surface area (Å²) in [5.74, 6) is -0.315. The van der Waals surface area contributed by atoms with Crippen molar-refractivity contribution in [2.75, 3.05) is 12.4 Å². The second kappa shape index (κ2) is 7.56. The Bertz CT molecular complexity index is 795. The third kappa shape index (κ3) is 4.41. The average Bonchev–Trinajstić information content (AvgIpc) is 2.54. The summed E-state index contributed by atoms with van der Waals surface area (Å²) in [6, 6.07) is 12.4. The van der Waals surface area contributed by atoms with Crippen LogP contribution in [0.2, 0.25) is 0 Å². The SMILES string of the molecule is COc1ccc(/C=C(/C#N)C(=O)Nc2ccc(F)cc2)cc1Br. The molecule has 0 heterocycles. The van der Waals surface area contributed by atoms with E-state index in [1.807, 2.05) is 6.07 Å². The Morgan fingerprint density at radius 3 is 2.57 bits per heavy atom. The van der Waals surface area contributed by atoms with Crippen LogP contribution in [-0.2, 0) is 4.79 Å². The van der Waals surface area contributed by atoms with Crippen molar-refractivity contribution < 1.29 is 13.9 Å². The third-order valence-electron chi connectivity index (χ3n) is 2.95. The molecule has 4 nitrogen and oxygen atoms in total. The fraction of sp³-hybridized carbons (Fsp3) is 0.0588. The number of anilines is 1. The lowest BCUT2D eigenvalue weighted by molar-refractivity contribution is -0.112. The van der Waals surface area contributed by atoms with Crippen molar-refractivity contribution in [2.45, 2.75) is 0 Å². The normalized spacial score (nSPS) is 10.8. The van der Waals surface area contributed by atoms with Gasteiger partial charge in [-0.15, -0.1) is 0 Å². The van der Waals surface area contributed by atoms with Crippen LogP contribution < -0.4 is 10.1 Å². The number of methoxy groups -OCH3 is 1. The van der Waals surface area contributed by atoms with Crippen molar-refractivity contribution in [2.24, 2.45) is 0 Å². The number of amides is 1. The average molecular weight is 375 g/mol. The zero-order chi connectivity index (χ0) is 16.8. The van der Waals surface area contributed by atoms with E-state index in [4.69, 9.17) is 4.74 Å². The van der Waals surface area contributed by atoms with Crippen molar-refractivity contribution >= 4 is 33.6 Å². The molecule has 6 heteroatoms. The molecule has 116 valence electrons. The number of nitrogens with one attached hydrogen (secondary N) is 1. The van der Waals surface area contributed by atoms with Gasteiger partial charge in [0.15, 0.2) is 0 Å². The largest absolute Gasteiger partial charge is 0.496 e. The van der Waals surface area contributed by atoms with Crippen LogP contribution in [0.4, 0.5) is 10.1 Å². The molecule has 2 rings (SSSR count). The van der Waals surface area contributed by atoms with Gasteiger partial charge >= 0.3 is 0 Å². The number of halogens is 2. The van der Waals surface area contributed by atoms with Crippen LogP contribution in [0.15, 0.2) is 52.5 Å². The maximum absolute atomic E-state index is 12.8. The first-order valence-corrected chi connectivity index (χ1v) is 7.35. The van der Waals surface area contributed by atoms with Gasteiger partial charge in [0.2, 0.25) is 0 Å². The minimum atomic E-state index is -0.564. The maximum atomic E-state index is 12.8. The molecule has 0 saturated carbocycles. The van der Waals surface area contributed by atoms with Gasteiger partial charge in [0, 0.05) is 5.69 Å². The number of rotatable bonds is 4. The van der Waals surface area contributed by atoms with Crippen LogP contribution in [-0.4, -0.2) is 13.0 Å². The third-order valence-corrected chi connectivity index (χ3v) is 3.57. The summed E-state index contributed by atoms with van der Waals surface area (Å²) >= 11 is 3.34. The molecule has 0 saturated heterocycles. The molecule has 0 bridgehead atoms. The van der Waals surface area contributed by atoms with Gasteiger partial charge in [-0.05, 0) is 64.0 Å². The van der Waals surface area contributed by atoms with Crippen molar-refractivity contribution in [3.63, 3.8) is 0 Å². The van der Waals surface area contributed by atoms with Gasteiger partial charge in [0.25, 0.3) is 5.91 Å². The Morgan fingerprint density at radius 1 is 1.30 bits per heavy atom. The lowest BCUT2D eigenvalue weighted by atomic mass is 10.1. The molecule has 23 heavy (non-hydrogen) atoms. The number of nitriles is 1. The Labute approximate surface area is 141 Å². The molecule has 1 amide bonds. The maximum Gasteiger partial charge on any atom is 0.266 e. The molecule has 0 aromatic heterocycles. The highest BCUT2D eigenvalue weighted by Crippen LogP contribution is 2.26. The predicted molar refractivity (Wildman–Crippen MR) is 89.3 cm³/mol. The van der Waals surface area contributed by atoms with Crippen LogP contribution in [0.25, 0.3) is 6.08 Å². The first-order valence-electron chi connectivity index (χ1n) is 6.55. The summed E-state index contributed by atoms with van der Waals surface area (Å²) in [5.41, 5.74) is 1.02. The van der Waals surface area contributed by atoms with Gasteiger partial charge in [-0.25, -0.2) is 4.39 Å². The highest BCUT2D eigenvalue weighted by atomic mass is 79.9. The van der Waals surface area contributed by atoms with E-state index in [-0.39, 0.29) is 5.57 Å². The predicted octanol–water partition coefficient (Wildman–Crippen LogP) is 4.14. The summed E-state index contributed by atoms with van der Waals surface area (Å²) in [6.45, 7) is 0. The van der Waals surface area contributed by atoms with Gasteiger partial charge in [0.1, 0.15) is 23.2 Å². The zero-order valence-electron chi connectivity index (χ0n) is 12.1. The second-order valence-electron chi connectivity index (χ2n) is 4.52. The monoisotopic (exact) mass is 374 g/mol. The van der Waals surface area contributed by atoms with Gasteiger partial charge in [-0.1, -0.05) is 6.07 Å². The molecule has 1 N–H and O–H groups in total. The van der Waals surface area contributed by atoms with Crippen LogP contribution >= 0.6 is 15.9 Å². The number of carbonyl (C=O) groups excluding carboxylic acids is 1. The fourth-order valence-electron chi connectivity index (χ4n) is 1.82. The lowest BCUT2D eigenvalue weighted by Crippen LogP contribution is -2.13. The summed E-state index contributed by atoms with van der Waals surface area (Å²) in [7, 11) is 1.55. The molecule has 2 aromatic rings. The lowest BCUT2D eigenvalue weighted by Gasteiger charge is -2.05. The van der Waals surface area contributed by atoms with Crippen molar-refractivity contribution in [3.8, 4) is 11.8 Å². The highest BCUT2D eigenvalue weighted by molar-refractivity contribution is 9.10. The number of ether oxygens (including phenoxy) is 1. The smallest absolute Gasteiger partial charge is 0.266 e. The molecule has 0 aliphatic rings. The van der Waals surface area contributed by atoms with E-state index in [1.54, 1.807) is 25.3 Å². The molecule has 0 aliphatic heterocycles. The highest BCUT2D eigenvalue weighted by Gasteiger charge is 2.10. The van der Waals surface area contributed by atoms with E-state index in [1.165, 1.54) is 30.3 Å². The van der Waals surface area contributed by atoms with E-state index in [2.05, 4.69) is 21.2 Å². The number of benzene rings is 2. The molecule has 0 spiro atoms. The molecule has 0 fully saturated rings. The first-order chi connectivity index (χ1) is 11.0. The Balaban J connectivity index is 2.21. The van der Waals surface area contributed by atoms with Crippen LogP contribution in [0.5, 0.6) is 5.75 Å². The molecular formula is C17H12BrFN2O2. The Morgan fingerprint density at radius 2 is 2.00 bits per heavy atom. The van der Waals surface area contributed by atoms with Crippen LogP contribution in [0.3, 0.4) is 0 Å². The summed E-state index contributed by atoms with van der Waals surface area (Å²) in [6.07, 6.45) is 1.46. The minimum absolute atomic E-state index is 0.0635.